The minimum absolute atomic E-state index is 0.924. The Hall–Kier alpha value is -1.31. The molecule has 0 amide bonds. The third-order valence-corrected chi connectivity index (χ3v) is 2.06. The first kappa shape index (κ1) is 10.8. The van der Waals surface area contributed by atoms with Gasteiger partial charge in [-0.15, -0.1) is 0 Å². The summed E-state index contributed by atoms with van der Waals surface area (Å²) in [5.74, 6) is 0. The molecule has 0 spiro atoms. The van der Waals surface area contributed by atoms with Crippen LogP contribution in [0.2, 0.25) is 0 Å². The Morgan fingerprint density at radius 1 is 1.29 bits per heavy atom. The molecule has 2 heteroatoms. The zero-order chi connectivity index (χ0) is 10.2. The average molecular weight is 190 g/mol. The van der Waals surface area contributed by atoms with E-state index >= 15 is 0 Å². The molecule has 1 rings (SSSR count). The second kappa shape index (κ2) is 6.19. The van der Waals surface area contributed by atoms with Crippen LogP contribution in [0, 0.1) is 0 Å². The molecular formula is C12H18N2. The number of aliphatic imine (C=N–C) groups is 1. The minimum Gasteiger partial charge on any atom is -0.336 e. The number of hydrogen-bond donors (Lipinski definition) is 0. The highest BCUT2D eigenvalue weighted by atomic mass is 15.1. The van der Waals surface area contributed by atoms with E-state index in [1.54, 1.807) is 0 Å². The van der Waals surface area contributed by atoms with Gasteiger partial charge in [-0.3, -0.25) is 4.99 Å². The topological polar surface area (TPSA) is 15.6 Å². The largest absolute Gasteiger partial charge is 0.336 e. The highest BCUT2D eigenvalue weighted by molar-refractivity contribution is 5.78. The number of anilines is 1. The van der Waals surface area contributed by atoms with Gasteiger partial charge in [0.05, 0.1) is 6.34 Å². The predicted octanol–water partition coefficient (Wildman–Crippen LogP) is 2.95. The van der Waals surface area contributed by atoms with Gasteiger partial charge in [-0.25, -0.2) is 0 Å². The number of rotatable bonds is 5. The summed E-state index contributed by atoms with van der Waals surface area (Å²) in [4.78, 5) is 6.38. The standard InChI is InChI=1S/C12H18N2/c1-3-4-10-13-11-14(2)12-8-6-5-7-9-12/h5-9,11H,3-4,10H2,1-2H3. The molecule has 1 aromatic carbocycles. The summed E-state index contributed by atoms with van der Waals surface area (Å²) in [6.07, 6.45) is 4.26. The lowest BCUT2D eigenvalue weighted by molar-refractivity contribution is 0.808. The van der Waals surface area contributed by atoms with Crippen molar-refractivity contribution in [1.82, 2.24) is 0 Å². The number of nitrogens with zero attached hydrogens (tertiary/aromatic N) is 2. The van der Waals surface area contributed by atoms with E-state index in [1.165, 1.54) is 18.5 Å². The van der Waals surface area contributed by atoms with Crippen molar-refractivity contribution in [1.29, 1.82) is 0 Å². The lowest BCUT2D eigenvalue weighted by Gasteiger charge is -2.12. The van der Waals surface area contributed by atoms with Crippen molar-refractivity contribution in [2.75, 3.05) is 18.5 Å². The predicted molar refractivity (Wildman–Crippen MR) is 63.1 cm³/mol. The van der Waals surface area contributed by atoms with Crippen LogP contribution in [0.4, 0.5) is 5.69 Å². The first-order chi connectivity index (χ1) is 6.84. The van der Waals surface area contributed by atoms with Gasteiger partial charge in [-0.1, -0.05) is 31.5 Å². The number of benzene rings is 1. The summed E-state index contributed by atoms with van der Waals surface area (Å²) in [5, 5.41) is 0. The molecule has 0 N–H and O–H groups in total. The Balaban J connectivity index is 2.42. The van der Waals surface area contributed by atoms with Gasteiger partial charge in [0.1, 0.15) is 0 Å². The summed E-state index contributed by atoms with van der Waals surface area (Å²) in [7, 11) is 2.02. The molecular weight excluding hydrogens is 172 g/mol. The Morgan fingerprint density at radius 2 is 2.00 bits per heavy atom. The Bertz CT molecular complexity index is 267. The third-order valence-electron chi connectivity index (χ3n) is 2.06. The molecule has 0 fully saturated rings. The fourth-order valence-corrected chi connectivity index (χ4v) is 1.16. The zero-order valence-electron chi connectivity index (χ0n) is 8.98. The Morgan fingerprint density at radius 3 is 2.64 bits per heavy atom. The summed E-state index contributed by atoms with van der Waals surface area (Å²) in [5.41, 5.74) is 1.17. The van der Waals surface area contributed by atoms with E-state index in [1.807, 2.05) is 36.5 Å². The van der Waals surface area contributed by atoms with Crippen LogP contribution < -0.4 is 4.90 Å². The van der Waals surface area contributed by atoms with E-state index in [9.17, 15) is 0 Å². The van der Waals surface area contributed by atoms with Gasteiger partial charge in [0, 0.05) is 19.3 Å². The second-order valence-electron chi connectivity index (χ2n) is 3.32. The molecule has 0 aliphatic heterocycles. The SMILES string of the molecule is CCCCN=CN(C)c1ccccc1. The van der Waals surface area contributed by atoms with Crippen molar-refractivity contribution in [2.24, 2.45) is 4.99 Å². The molecule has 2 nitrogen and oxygen atoms in total. The van der Waals surface area contributed by atoms with Gasteiger partial charge in [-0.2, -0.15) is 0 Å². The van der Waals surface area contributed by atoms with Crippen LogP contribution in [0.25, 0.3) is 0 Å². The first-order valence-corrected chi connectivity index (χ1v) is 5.12. The molecule has 0 aliphatic rings. The smallest absolute Gasteiger partial charge is 0.0891 e. The lowest BCUT2D eigenvalue weighted by atomic mass is 10.3. The monoisotopic (exact) mass is 190 g/mol. The molecule has 0 aliphatic carbocycles. The van der Waals surface area contributed by atoms with E-state index in [0.29, 0.717) is 0 Å². The quantitative estimate of drug-likeness (QED) is 0.396. The van der Waals surface area contributed by atoms with Crippen LogP contribution in [0.15, 0.2) is 35.3 Å². The summed E-state index contributed by atoms with van der Waals surface area (Å²) in [6, 6.07) is 10.2. The molecule has 0 atom stereocenters. The fraction of sp³-hybridized carbons (Fsp3) is 0.417. The maximum absolute atomic E-state index is 4.34. The van der Waals surface area contributed by atoms with Crippen molar-refractivity contribution in [3.8, 4) is 0 Å². The summed E-state index contributed by atoms with van der Waals surface area (Å²) in [6.45, 7) is 3.10. The molecule has 0 aromatic heterocycles. The van der Waals surface area contributed by atoms with Crippen LogP contribution in [0.1, 0.15) is 19.8 Å². The molecule has 0 radical (unpaired) electrons. The van der Waals surface area contributed by atoms with E-state index in [-0.39, 0.29) is 0 Å². The molecule has 0 saturated heterocycles. The number of para-hydroxylation sites is 1. The third kappa shape index (κ3) is 3.60. The van der Waals surface area contributed by atoms with Crippen molar-refractivity contribution >= 4 is 12.0 Å². The minimum atomic E-state index is 0.924. The Labute approximate surface area is 86.3 Å². The molecule has 0 unspecified atom stereocenters. The first-order valence-electron chi connectivity index (χ1n) is 5.12. The van der Waals surface area contributed by atoms with Gasteiger partial charge in [0.25, 0.3) is 0 Å². The normalized spacial score (nSPS) is 10.7. The zero-order valence-corrected chi connectivity index (χ0v) is 8.98. The number of hydrogen-bond acceptors (Lipinski definition) is 1. The van der Waals surface area contributed by atoms with Crippen LogP contribution in [0.5, 0.6) is 0 Å². The van der Waals surface area contributed by atoms with Crippen LogP contribution >= 0.6 is 0 Å². The highest BCUT2D eigenvalue weighted by Gasteiger charge is 1.93. The second-order valence-corrected chi connectivity index (χ2v) is 3.32. The van der Waals surface area contributed by atoms with Crippen molar-refractivity contribution in [3.05, 3.63) is 30.3 Å². The van der Waals surface area contributed by atoms with Gasteiger partial charge < -0.3 is 4.90 Å². The summed E-state index contributed by atoms with van der Waals surface area (Å²) < 4.78 is 0. The van der Waals surface area contributed by atoms with Crippen LogP contribution in [0.3, 0.4) is 0 Å². The lowest BCUT2D eigenvalue weighted by Crippen LogP contribution is -2.14. The van der Waals surface area contributed by atoms with E-state index in [0.717, 1.165) is 6.54 Å². The van der Waals surface area contributed by atoms with Gasteiger partial charge in [0.2, 0.25) is 0 Å². The molecule has 0 heterocycles. The van der Waals surface area contributed by atoms with Crippen molar-refractivity contribution in [3.63, 3.8) is 0 Å². The van der Waals surface area contributed by atoms with Crippen LogP contribution in [-0.2, 0) is 0 Å². The maximum atomic E-state index is 4.34. The molecule has 76 valence electrons. The van der Waals surface area contributed by atoms with Gasteiger partial charge >= 0.3 is 0 Å². The number of unbranched alkanes of at least 4 members (excludes halogenated alkanes) is 1. The maximum Gasteiger partial charge on any atom is 0.0891 e. The molecule has 0 saturated carbocycles. The van der Waals surface area contributed by atoms with E-state index < -0.39 is 0 Å². The van der Waals surface area contributed by atoms with Gasteiger partial charge in [-0.05, 0) is 18.6 Å². The molecule has 0 bridgehead atoms. The molecule has 14 heavy (non-hydrogen) atoms. The Kier molecular flexibility index (Phi) is 4.76. The average Bonchev–Trinajstić information content (AvgIpc) is 2.25. The summed E-state index contributed by atoms with van der Waals surface area (Å²) >= 11 is 0. The van der Waals surface area contributed by atoms with E-state index in [4.69, 9.17) is 0 Å². The van der Waals surface area contributed by atoms with Crippen molar-refractivity contribution in [2.45, 2.75) is 19.8 Å². The van der Waals surface area contributed by atoms with Crippen molar-refractivity contribution < 1.29 is 0 Å². The van der Waals surface area contributed by atoms with E-state index in [2.05, 4.69) is 24.0 Å². The highest BCUT2D eigenvalue weighted by Crippen LogP contribution is 2.08. The van der Waals surface area contributed by atoms with Crippen LogP contribution in [-0.4, -0.2) is 19.9 Å². The van der Waals surface area contributed by atoms with Gasteiger partial charge in [0.15, 0.2) is 0 Å². The fourth-order valence-electron chi connectivity index (χ4n) is 1.16. The molecule has 1 aromatic rings.